The zero-order valence-electron chi connectivity index (χ0n) is 7.77. The van der Waals surface area contributed by atoms with Crippen molar-refractivity contribution in [3.63, 3.8) is 0 Å². The highest BCUT2D eigenvalue weighted by atomic mass is 16.1. The number of carbonyl (C=O) groups excluding carboxylic acids is 1. The lowest BCUT2D eigenvalue weighted by molar-refractivity contribution is -0.121. The molecule has 1 N–H and O–H groups in total. The van der Waals surface area contributed by atoms with Crippen LogP contribution in [0.3, 0.4) is 0 Å². The van der Waals surface area contributed by atoms with Gasteiger partial charge in [0.05, 0.1) is 0 Å². The van der Waals surface area contributed by atoms with E-state index in [4.69, 9.17) is 0 Å². The normalized spacial score (nSPS) is 11.9. The van der Waals surface area contributed by atoms with Crippen LogP contribution in [0.1, 0.15) is 34.1 Å². The van der Waals surface area contributed by atoms with Crippen molar-refractivity contribution in [1.82, 2.24) is 5.32 Å². The molecule has 0 aliphatic carbocycles. The SMILES string of the molecule is CC=C(C)NC(=O)CC(C)C. The standard InChI is InChI=1S/C9H17NO/c1-5-8(4)10-9(11)6-7(2)3/h5,7H,6H2,1-4H3,(H,10,11). The summed E-state index contributed by atoms with van der Waals surface area (Å²) in [6.45, 7) is 7.86. The Bertz CT molecular complexity index is 159. The molecule has 0 fully saturated rings. The molecule has 0 bridgehead atoms. The van der Waals surface area contributed by atoms with E-state index in [9.17, 15) is 4.79 Å². The third-order valence-corrected chi connectivity index (χ3v) is 1.36. The van der Waals surface area contributed by atoms with Gasteiger partial charge in [-0.15, -0.1) is 0 Å². The fourth-order valence-electron chi connectivity index (χ4n) is 0.714. The number of amides is 1. The Balaban J connectivity index is 3.70. The summed E-state index contributed by atoms with van der Waals surface area (Å²) in [4.78, 5) is 11.1. The molecule has 64 valence electrons. The summed E-state index contributed by atoms with van der Waals surface area (Å²) in [6.07, 6.45) is 2.49. The Hall–Kier alpha value is -0.790. The highest BCUT2D eigenvalue weighted by Crippen LogP contribution is 1.99. The Kier molecular flexibility index (Phi) is 4.59. The first-order valence-corrected chi connectivity index (χ1v) is 3.99. The topological polar surface area (TPSA) is 29.1 Å². The fourth-order valence-corrected chi connectivity index (χ4v) is 0.714. The van der Waals surface area contributed by atoms with Crippen LogP contribution in [-0.2, 0) is 4.79 Å². The lowest BCUT2D eigenvalue weighted by atomic mass is 10.1. The zero-order valence-corrected chi connectivity index (χ0v) is 7.77. The molecule has 0 atom stereocenters. The maximum absolute atomic E-state index is 11.1. The molecule has 2 nitrogen and oxygen atoms in total. The molecular weight excluding hydrogens is 138 g/mol. The van der Waals surface area contributed by atoms with Crippen LogP contribution in [0.15, 0.2) is 11.8 Å². The number of hydrogen-bond donors (Lipinski definition) is 1. The van der Waals surface area contributed by atoms with Gasteiger partial charge in [-0.25, -0.2) is 0 Å². The minimum atomic E-state index is 0.107. The van der Waals surface area contributed by atoms with Gasteiger partial charge in [-0.1, -0.05) is 19.9 Å². The molecule has 0 aromatic rings. The summed E-state index contributed by atoms with van der Waals surface area (Å²) in [5.41, 5.74) is 0.927. The van der Waals surface area contributed by atoms with Crippen molar-refractivity contribution in [3.8, 4) is 0 Å². The minimum absolute atomic E-state index is 0.107. The monoisotopic (exact) mass is 155 g/mol. The molecule has 0 heterocycles. The van der Waals surface area contributed by atoms with Crippen molar-refractivity contribution in [2.45, 2.75) is 34.1 Å². The molecule has 0 aliphatic heterocycles. The zero-order chi connectivity index (χ0) is 8.85. The summed E-state index contributed by atoms with van der Waals surface area (Å²) < 4.78 is 0. The number of hydrogen-bond acceptors (Lipinski definition) is 1. The van der Waals surface area contributed by atoms with Crippen molar-refractivity contribution in [3.05, 3.63) is 11.8 Å². The van der Waals surface area contributed by atoms with Crippen LogP contribution in [-0.4, -0.2) is 5.91 Å². The molecule has 11 heavy (non-hydrogen) atoms. The Morgan fingerprint density at radius 3 is 2.45 bits per heavy atom. The van der Waals surface area contributed by atoms with E-state index >= 15 is 0 Å². The molecule has 0 unspecified atom stereocenters. The molecule has 0 spiro atoms. The van der Waals surface area contributed by atoms with Gasteiger partial charge in [0.25, 0.3) is 0 Å². The highest BCUT2D eigenvalue weighted by Gasteiger charge is 2.03. The van der Waals surface area contributed by atoms with E-state index in [0.29, 0.717) is 12.3 Å². The van der Waals surface area contributed by atoms with E-state index in [-0.39, 0.29) is 5.91 Å². The van der Waals surface area contributed by atoms with Crippen molar-refractivity contribution < 1.29 is 4.79 Å². The molecule has 2 heteroatoms. The third-order valence-electron chi connectivity index (χ3n) is 1.36. The van der Waals surface area contributed by atoms with Crippen LogP contribution in [0.4, 0.5) is 0 Å². The van der Waals surface area contributed by atoms with Gasteiger partial charge in [-0.3, -0.25) is 4.79 Å². The maximum atomic E-state index is 11.1. The molecular formula is C9H17NO. The van der Waals surface area contributed by atoms with Gasteiger partial charge >= 0.3 is 0 Å². The van der Waals surface area contributed by atoms with E-state index in [1.165, 1.54) is 0 Å². The second-order valence-electron chi connectivity index (χ2n) is 3.12. The second-order valence-corrected chi connectivity index (χ2v) is 3.12. The summed E-state index contributed by atoms with van der Waals surface area (Å²) in [6, 6.07) is 0. The van der Waals surface area contributed by atoms with Gasteiger partial charge in [0.15, 0.2) is 0 Å². The van der Waals surface area contributed by atoms with Crippen molar-refractivity contribution in [2.75, 3.05) is 0 Å². The lowest BCUT2D eigenvalue weighted by Gasteiger charge is -2.05. The lowest BCUT2D eigenvalue weighted by Crippen LogP contribution is -2.22. The fraction of sp³-hybridized carbons (Fsp3) is 0.667. The van der Waals surface area contributed by atoms with Crippen LogP contribution in [0, 0.1) is 5.92 Å². The molecule has 0 saturated carbocycles. The van der Waals surface area contributed by atoms with E-state index < -0.39 is 0 Å². The molecule has 0 aliphatic rings. The van der Waals surface area contributed by atoms with E-state index in [1.54, 1.807) is 0 Å². The number of nitrogens with one attached hydrogen (secondary N) is 1. The van der Waals surface area contributed by atoms with Crippen LogP contribution in [0.25, 0.3) is 0 Å². The van der Waals surface area contributed by atoms with Gasteiger partial charge in [-0.2, -0.15) is 0 Å². The van der Waals surface area contributed by atoms with Crippen molar-refractivity contribution >= 4 is 5.91 Å². The van der Waals surface area contributed by atoms with Crippen LogP contribution >= 0.6 is 0 Å². The molecule has 0 saturated heterocycles. The number of carbonyl (C=O) groups is 1. The smallest absolute Gasteiger partial charge is 0.224 e. The van der Waals surface area contributed by atoms with Gasteiger partial charge < -0.3 is 5.32 Å². The van der Waals surface area contributed by atoms with E-state index in [0.717, 1.165) is 5.70 Å². The highest BCUT2D eigenvalue weighted by molar-refractivity contribution is 5.77. The maximum Gasteiger partial charge on any atom is 0.224 e. The average molecular weight is 155 g/mol. The Morgan fingerprint density at radius 1 is 1.55 bits per heavy atom. The van der Waals surface area contributed by atoms with Crippen molar-refractivity contribution in [2.24, 2.45) is 5.92 Å². The van der Waals surface area contributed by atoms with E-state index in [1.807, 2.05) is 33.8 Å². The first kappa shape index (κ1) is 10.2. The minimum Gasteiger partial charge on any atom is -0.330 e. The van der Waals surface area contributed by atoms with Gasteiger partial charge in [0, 0.05) is 12.1 Å². The first-order valence-electron chi connectivity index (χ1n) is 3.99. The van der Waals surface area contributed by atoms with E-state index in [2.05, 4.69) is 5.32 Å². The van der Waals surface area contributed by atoms with Gasteiger partial charge in [0.1, 0.15) is 0 Å². The van der Waals surface area contributed by atoms with Crippen LogP contribution < -0.4 is 5.32 Å². The predicted octanol–water partition coefficient (Wildman–Crippen LogP) is 2.07. The molecule has 0 rings (SSSR count). The summed E-state index contributed by atoms with van der Waals surface area (Å²) in [5, 5.41) is 2.78. The molecule has 0 aromatic carbocycles. The average Bonchev–Trinajstić information content (AvgIpc) is 1.85. The Morgan fingerprint density at radius 2 is 2.09 bits per heavy atom. The third kappa shape index (κ3) is 5.64. The quantitative estimate of drug-likeness (QED) is 0.664. The molecule has 0 aromatic heterocycles. The Labute approximate surface area is 68.7 Å². The van der Waals surface area contributed by atoms with Crippen LogP contribution in [0.5, 0.6) is 0 Å². The van der Waals surface area contributed by atoms with Crippen LogP contribution in [0.2, 0.25) is 0 Å². The molecule has 0 radical (unpaired) electrons. The summed E-state index contributed by atoms with van der Waals surface area (Å²) in [5.74, 6) is 0.537. The predicted molar refractivity (Wildman–Crippen MR) is 47.0 cm³/mol. The largest absolute Gasteiger partial charge is 0.330 e. The van der Waals surface area contributed by atoms with Crippen molar-refractivity contribution in [1.29, 1.82) is 0 Å². The number of rotatable bonds is 3. The first-order chi connectivity index (χ1) is 5.06. The summed E-state index contributed by atoms with van der Waals surface area (Å²) >= 11 is 0. The number of allylic oxidation sites excluding steroid dienone is 2. The molecule has 1 amide bonds. The van der Waals surface area contributed by atoms with Gasteiger partial charge in [-0.05, 0) is 19.8 Å². The summed E-state index contributed by atoms with van der Waals surface area (Å²) in [7, 11) is 0. The second kappa shape index (κ2) is 4.94. The van der Waals surface area contributed by atoms with Gasteiger partial charge in [0.2, 0.25) is 5.91 Å².